The lowest BCUT2D eigenvalue weighted by Gasteiger charge is -2.40. The monoisotopic (exact) mass is 379 g/mol. The summed E-state index contributed by atoms with van der Waals surface area (Å²) in [6, 6.07) is 16.7. The van der Waals surface area contributed by atoms with Crippen molar-refractivity contribution in [2.24, 2.45) is 5.92 Å². The standard InChI is InChI=1S/C22H25N3OS/c1-14(2)21-20-16(15-8-4-5-9-17(15)23-20)12-13-25(21)22(27)24-18-10-6-7-11-19(18)26-3/h4-11,14,21,23H,12-13H2,1-3H3,(H,24,27)/t21-/m0/s1. The maximum Gasteiger partial charge on any atom is 0.174 e. The largest absolute Gasteiger partial charge is 0.495 e. The van der Waals surface area contributed by atoms with Crippen LogP contribution in [0.1, 0.15) is 31.1 Å². The second kappa shape index (κ2) is 7.24. The van der Waals surface area contributed by atoms with Crippen LogP contribution in [-0.4, -0.2) is 28.7 Å². The quantitative estimate of drug-likeness (QED) is 0.619. The third kappa shape index (κ3) is 3.16. The molecule has 0 saturated carbocycles. The van der Waals surface area contributed by atoms with Crippen LogP contribution in [-0.2, 0) is 6.42 Å². The fourth-order valence-corrected chi connectivity index (χ4v) is 4.44. The third-order valence-corrected chi connectivity index (χ3v) is 5.66. The van der Waals surface area contributed by atoms with Crippen molar-refractivity contribution in [3.63, 3.8) is 0 Å². The van der Waals surface area contributed by atoms with Gasteiger partial charge in [-0.1, -0.05) is 44.2 Å². The summed E-state index contributed by atoms with van der Waals surface area (Å²) >= 11 is 5.82. The van der Waals surface area contributed by atoms with E-state index in [0.29, 0.717) is 5.92 Å². The Morgan fingerprint density at radius 1 is 1.19 bits per heavy atom. The van der Waals surface area contributed by atoms with Crippen molar-refractivity contribution in [1.29, 1.82) is 0 Å². The molecule has 0 saturated heterocycles. The maximum atomic E-state index is 5.82. The molecule has 1 atom stereocenters. The minimum absolute atomic E-state index is 0.218. The van der Waals surface area contributed by atoms with Crippen LogP contribution in [0.2, 0.25) is 0 Å². The van der Waals surface area contributed by atoms with E-state index in [0.717, 1.165) is 29.5 Å². The molecular formula is C22H25N3OS. The first-order valence-electron chi connectivity index (χ1n) is 9.40. The molecule has 0 bridgehead atoms. The van der Waals surface area contributed by atoms with Crippen LogP contribution in [0.3, 0.4) is 0 Å². The summed E-state index contributed by atoms with van der Waals surface area (Å²) in [4.78, 5) is 5.97. The van der Waals surface area contributed by atoms with E-state index in [-0.39, 0.29) is 6.04 Å². The summed E-state index contributed by atoms with van der Waals surface area (Å²) in [7, 11) is 1.68. The van der Waals surface area contributed by atoms with Gasteiger partial charge in [0.2, 0.25) is 0 Å². The Balaban J connectivity index is 1.68. The van der Waals surface area contributed by atoms with Gasteiger partial charge in [0.15, 0.2) is 5.11 Å². The Morgan fingerprint density at radius 3 is 2.70 bits per heavy atom. The number of H-pyrrole nitrogens is 1. The molecule has 5 heteroatoms. The molecule has 2 heterocycles. The molecule has 0 radical (unpaired) electrons. The van der Waals surface area contributed by atoms with Crippen LogP contribution >= 0.6 is 12.2 Å². The maximum absolute atomic E-state index is 5.82. The number of hydrogen-bond acceptors (Lipinski definition) is 2. The molecule has 1 aliphatic heterocycles. The highest BCUT2D eigenvalue weighted by molar-refractivity contribution is 7.80. The predicted molar refractivity (Wildman–Crippen MR) is 116 cm³/mol. The molecule has 27 heavy (non-hydrogen) atoms. The average Bonchev–Trinajstić information content (AvgIpc) is 3.06. The predicted octanol–water partition coefficient (Wildman–Crippen LogP) is 5.13. The van der Waals surface area contributed by atoms with Gasteiger partial charge in [-0.3, -0.25) is 0 Å². The van der Waals surface area contributed by atoms with Gasteiger partial charge in [0.05, 0.1) is 18.8 Å². The summed E-state index contributed by atoms with van der Waals surface area (Å²) < 4.78 is 5.46. The SMILES string of the molecule is COc1ccccc1NC(=S)N1CCc2c([nH]c3ccccc23)[C@@H]1C(C)C. The van der Waals surface area contributed by atoms with Crippen molar-refractivity contribution in [3.05, 3.63) is 59.8 Å². The molecule has 0 unspecified atom stereocenters. The summed E-state index contributed by atoms with van der Waals surface area (Å²) in [6.07, 6.45) is 0.982. The molecule has 140 valence electrons. The number of aromatic amines is 1. The first-order chi connectivity index (χ1) is 13.1. The number of nitrogens with one attached hydrogen (secondary N) is 2. The molecule has 2 N–H and O–H groups in total. The molecule has 0 fully saturated rings. The van der Waals surface area contributed by atoms with Crippen LogP contribution in [0.15, 0.2) is 48.5 Å². The van der Waals surface area contributed by atoms with E-state index in [1.807, 2.05) is 24.3 Å². The summed E-state index contributed by atoms with van der Waals surface area (Å²) in [5, 5.41) is 5.47. The van der Waals surface area contributed by atoms with E-state index in [1.165, 1.54) is 22.2 Å². The summed E-state index contributed by atoms with van der Waals surface area (Å²) in [5.41, 5.74) is 4.83. The van der Waals surface area contributed by atoms with Crippen molar-refractivity contribution >= 4 is 33.9 Å². The highest BCUT2D eigenvalue weighted by Gasteiger charge is 2.33. The van der Waals surface area contributed by atoms with E-state index in [2.05, 4.69) is 53.3 Å². The van der Waals surface area contributed by atoms with Crippen LogP contribution in [0.25, 0.3) is 10.9 Å². The topological polar surface area (TPSA) is 40.3 Å². The van der Waals surface area contributed by atoms with E-state index >= 15 is 0 Å². The Kier molecular flexibility index (Phi) is 4.79. The lowest BCUT2D eigenvalue weighted by molar-refractivity contribution is 0.236. The number of anilines is 1. The second-order valence-electron chi connectivity index (χ2n) is 7.33. The molecular weight excluding hydrogens is 354 g/mol. The highest BCUT2D eigenvalue weighted by Crippen LogP contribution is 2.39. The zero-order valence-electron chi connectivity index (χ0n) is 16.0. The molecule has 4 rings (SSSR count). The molecule has 1 aromatic heterocycles. The van der Waals surface area contributed by atoms with Crippen LogP contribution in [0, 0.1) is 5.92 Å². The number of hydrogen-bond donors (Lipinski definition) is 2. The summed E-state index contributed by atoms with van der Waals surface area (Å²) in [6.45, 7) is 5.41. The molecule has 0 spiro atoms. The fourth-order valence-electron chi connectivity index (χ4n) is 4.13. The number of rotatable bonds is 3. The number of nitrogens with zero attached hydrogens (tertiary/aromatic N) is 1. The first-order valence-corrected chi connectivity index (χ1v) is 9.81. The van der Waals surface area contributed by atoms with Crippen molar-refractivity contribution < 1.29 is 4.74 Å². The van der Waals surface area contributed by atoms with Gasteiger partial charge in [-0.25, -0.2) is 0 Å². The van der Waals surface area contributed by atoms with Crippen molar-refractivity contribution in [3.8, 4) is 5.75 Å². The minimum atomic E-state index is 0.218. The lowest BCUT2D eigenvalue weighted by atomic mass is 9.90. The van der Waals surface area contributed by atoms with E-state index < -0.39 is 0 Å². The van der Waals surface area contributed by atoms with Crippen LogP contribution in [0.4, 0.5) is 5.69 Å². The van der Waals surface area contributed by atoms with Gasteiger partial charge in [-0.15, -0.1) is 0 Å². The van der Waals surface area contributed by atoms with E-state index in [1.54, 1.807) is 7.11 Å². The number of thiocarbonyl (C=S) groups is 1. The average molecular weight is 380 g/mol. The zero-order valence-corrected chi connectivity index (χ0v) is 16.8. The lowest BCUT2D eigenvalue weighted by Crippen LogP contribution is -2.44. The summed E-state index contributed by atoms with van der Waals surface area (Å²) in [5.74, 6) is 1.22. The van der Waals surface area contributed by atoms with Crippen LogP contribution in [0.5, 0.6) is 5.75 Å². The Bertz CT molecular complexity index is 979. The van der Waals surface area contributed by atoms with Gasteiger partial charge >= 0.3 is 0 Å². The van der Waals surface area contributed by atoms with E-state index in [9.17, 15) is 0 Å². The highest BCUT2D eigenvalue weighted by atomic mass is 32.1. The fraction of sp³-hybridized carbons (Fsp3) is 0.318. The van der Waals surface area contributed by atoms with Crippen molar-refractivity contribution in [2.75, 3.05) is 19.0 Å². The molecule has 1 aliphatic rings. The third-order valence-electron chi connectivity index (χ3n) is 5.32. The number of benzene rings is 2. The van der Waals surface area contributed by atoms with Gasteiger partial charge in [-0.2, -0.15) is 0 Å². The normalized spacial score (nSPS) is 16.4. The molecule has 3 aromatic rings. The van der Waals surface area contributed by atoms with Gasteiger partial charge < -0.3 is 19.9 Å². The first kappa shape index (κ1) is 17.9. The minimum Gasteiger partial charge on any atom is -0.495 e. The molecule has 4 nitrogen and oxygen atoms in total. The smallest absolute Gasteiger partial charge is 0.174 e. The van der Waals surface area contributed by atoms with Gasteiger partial charge in [0.1, 0.15) is 5.75 Å². The molecule has 0 aliphatic carbocycles. The van der Waals surface area contributed by atoms with Gasteiger partial charge in [-0.05, 0) is 48.3 Å². The van der Waals surface area contributed by atoms with Gasteiger partial charge in [0.25, 0.3) is 0 Å². The zero-order chi connectivity index (χ0) is 19.0. The Hall–Kier alpha value is -2.53. The number of para-hydroxylation sites is 3. The second-order valence-corrected chi connectivity index (χ2v) is 7.71. The van der Waals surface area contributed by atoms with Crippen molar-refractivity contribution in [2.45, 2.75) is 26.3 Å². The molecule has 2 aromatic carbocycles. The molecule has 0 amide bonds. The van der Waals surface area contributed by atoms with E-state index in [4.69, 9.17) is 17.0 Å². The van der Waals surface area contributed by atoms with Crippen LogP contribution < -0.4 is 10.1 Å². The number of aromatic nitrogens is 1. The number of methoxy groups -OCH3 is 1. The van der Waals surface area contributed by atoms with Crippen molar-refractivity contribution in [1.82, 2.24) is 9.88 Å². The number of ether oxygens (including phenoxy) is 1. The Labute approximate surface area is 165 Å². The Morgan fingerprint density at radius 2 is 1.93 bits per heavy atom. The van der Waals surface area contributed by atoms with Gasteiger partial charge in [0, 0.05) is 23.1 Å². The number of fused-ring (bicyclic) bond motifs is 3.